The molecule has 1 aliphatic heterocycles. The summed E-state index contributed by atoms with van der Waals surface area (Å²) >= 11 is 1.92. The van der Waals surface area contributed by atoms with Gasteiger partial charge in [-0.1, -0.05) is 0 Å². The fourth-order valence-corrected chi connectivity index (χ4v) is 3.27. The summed E-state index contributed by atoms with van der Waals surface area (Å²) in [5.41, 5.74) is 1.55. The summed E-state index contributed by atoms with van der Waals surface area (Å²) in [4.78, 5) is 6.41. The Morgan fingerprint density at radius 1 is 1.39 bits per heavy atom. The monoisotopic (exact) mass is 267 g/mol. The molecule has 0 radical (unpaired) electrons. The van der Waals surface area contributed by atoms with E-state index < -0.39 is 0 Å². The Kier molecular flexibility index (Phi) is 5.63. The van der Waals surface area contributed by atoms with Gasteiger partial charge in [0.15, 0.2) is 0 Å². The Hall–Kier alpha value is -0.420. The molecule has 102 valence electrons. The number of nitrogens with zero attached hydrogens (tertiary/aromatic N) is 2. The second-order valence-electron chi connectivity index (χ2n) is 5.30. The van der Waals surface area contributed by atoms with Crippen molar-refractivity contribution >= 4 is 11.3 Å². The molecule has 0 fully saturated rings. The van der Waals surface area contributed by atoms with Crippen LogP contribution in [0.15, 0.2) is 11.4 Å². The number of hydrogen-bond acceptors (Lipinski definition) is 4. The van der Waals surface area contributed by atoms with Gasteiger partial charge in [-0.3, -0.25) is 4.90 Å². The Balaban J connectivity index is 1.56. The Morgan fingerprint density at radius 3 is 3.11 bits per heavy atom. The van der Waals surface area contributed by atoms with Crippen molar-refractivity contribution in [1.29, 1.82) is 0 Å². The van der Waals surface area contributed by atoms with E-state index in [1.807, 2.05) is 11.3 Å². The van der Waals surface area contributed by atoms with Crippen molar-refractivity contribution in [2.75, 3.05) is 46.8 Å². The summed E-state index contributed by atoms with van der Waals surface area (Å²) in [6.45, 7) is 6.99. The molecule has 0 spiro atoms. The average molecular weight is 267 g/mol. The van der Waals surface area contributed by atoms with E-state index in [0.717, 1.165) is 19.6 Å². The van der Waals surface area contributed by atoms with Gasteiger partial charge in [0, 0.05) is 31.1 Å². The van der Waals surface area contributed by atoms with Gasteiger partial charge < -0.3 is 10.2 Å². The molecule has 1 aromatic rings. The lowest BCUT2D eigenvalue weighted by Crippen LogP contribution is -2.36. The van der Waals surface area contributed by atoms with E-state index in [4.69, 9.17) is 0 Å². The van der Waals surface area contributed by atoms with Crippen molar-refractivity contribution in [2.45, 2.75) is 19.4 Å². The molecule has 0 bridgehead atoms. The average Bonchev–Trinajstić information content (AvgIpc) is 2.80. The van der Waals surface area contributed by atoms with E-state index >= 15 is 0 Å². The Morgan fingerprint density at radius 2 is 2.28 bits per heavy atom. The van der Waals surface area contributed by atoms with E-state index in [1.165, 1.54) is 32.5 Å². The molecular formula is C14H25N3S. The molecule has 0 amide bonds. The molecule has 4 heteroatoms. The number of fused-ring (bicyclic) bond motifs is 1. The molecule has 0 unspecified atom stereocenters. The standard InChI is InChI=1S/C14H25N3S/c1-16(2)8-3-6-15-7-10-17-9-4-14-13(12-17)5-11-18-14/h5,11,15H,3-4,6-10,12H2,1-2H3. The molecule has 0 atom stereocenters. The van der Waals surface area contributed by atoms with Gasteiger partial charge in [0.1, 0.15) is 0 Å². The predicted molar refractivity (Wildman–Crippen MR) is 79.3 cm³/mol. The van der Waals surface area contributed by atoms with Crippen molar-refractivity contribution in [3.05, 3.63) is 21.9 Å². The maximum Gasteiger partial charge on any atom is 0.0245 e. The van der Waals surface area contributed by atoms with Crippen LogP contribution in [0.4, 0.5) is 0 Å². The third kappa shape index (κ3) is 4.35. The molecule has 0 aliphatic carbocycles. The summed E-state index contributed by atoms with van der Waals surface area (Å²) in [6, 6.07) is 2.29. The minimum Gasteiger partial charge on any atom is -0.315 e. The van der Waals surface area contributed by atoms with E-state index in [-0.39, 0.29) is 0 Å². The summed E-state index contributed by atoms with van der Waals surface area (Å²) < 4.78 is 0. The topological polar surface area (TPSA) is 18.5 Å². The molecule has 2 rings (SSSR count). The van der Waals surface area contributed by atoms with E-state index in [2.05, 4.69) is 40.7 Å². The van der Waals surface area contributed by atoms with Crippen LogP contribution >= 0.6 is 11.3 Å². The highest BCUT2D eigenvalue weighted by Crippen LogP contribution is 2.23. The van der Waals surface area contributed by atoms with Crippen LogP contribution in [0, 0.1) is 0 Å². The Labute approximate surface area is 115 Å². The van der Waals surface area contributed by atoms with Crippen molar-refractivity contribution in [3.63, 3.8) is 0 Å². The molecule has 3 nitrogen and oxygen atoms in total. The molecule has 1 aromatic heterocycles. The first-order chi connectivity index (χ1) is 8.75. The lowest BCUT2D eigenvalue weighted by Gasteiger charge is -2.26. The molecule has 0 saturated carbocycles. The van der Waals surface area contributed by atoms with Gasteiger partial charge in [-0.2, -0.15) is 0 Å². The lowest BCUT2D eigenvalue weighted by atomic mass is 10.1. The van der Waals surface area contributed by atoms with Gasteiger partial charge in [-0.25, -0.2) is 0 Å². The second kappa shape index (κ2) is 7.24. The van der Waals surface area contributed by atoms with Crippen LogP contribution < -0.4 is 5.32 Å². The van der Waals surface area contributed by atoms with Crippen LogP contribution in [0.25, 0.3) is 0 Å². The van der Waals surface area contributed by atoms with Gasteiger partial charge in [0.2, 0.25) is 0 Å². The number of hydrogen-bond donors (Lipinski definition) is 1. The second-order valence-corrected chi connectivity index (χ2v) is 6.30. The van der Waals surface area contributed by atoms with Crippen LogP contribution in [0.2, 0.25) is 0 Å². The smallest absolute Gasteiger partial charge is 0.0245 e. The van der Waals surface area contributed by atoms with Gasteiger partial charge in [-0.05, 0) is 57.0 Å². The summed E-state index contributed by atoms with van der Waals surface area (Å²) in [6.07, 6.45) is 2.48. The molecule has 2 heterocycles. The van der Waals surface area contributed by atoms with Crippen LogP contribution in [-0.2, 0) is 13.0 Å². The normalized spacial score (nSPS) is 16.2. The molecule has 0 aromatic carbocycles. The van der Waals surface area contributed by atoms with Crippen LogP contribution in [0.1, 0.15) is 16.9 Å². The van der Waals surface area contributed by atoms with Gasteiger partial charge in [0.25, 0.3) is 0 Å². The van der Waals surface area contributed by atoms with Gasteiger partial charge >= 0.3 is 0 Å². The summed E-state index contributed by atoms with van der Waals surface area (Å²) in [7, 11) is 4.26. The van der Waals surface area contributed by atoms with Crippen LogP contribution in [-0.4, -0.2) is 56.6 Å². The van der Waals surface area contributed by atoms with Gasteiger partial charge in [0.05, 0.1) is 0 Å². The first-order valence-corrected chi connectivity index (χ1v) is 7.77. The number of nitrogens with one attached hydrogen (secondary N) is 1. The third-order valence-electron chi connectivity index (χ3n) is 3.45. The van der Waals surface area contributed by atoms with E-state index in [9.17, 15) is 0 Å². The van der Waals surface area contributed by atoms with Crippen molar-refractivity contribution in [1.82, 2.24) is 15.1 Å². The molecular weight excluding hydrogens is 242 g/mol. The fraction of sp³-hybridized carbons (Fsp3) is 0.714. The van der Waals surface area contributed by atoms with Crippen LogP contribution in [0.3, 0.4) is 0 Å². The van der Waals surface area contributed by atoms with Crippen molar-refractivity contribution in [2.24, 2.45) is 0 Å². The van der Waals surface area contributed by atoms with Crippen LogP contribution in [0.5, 0.6) is 0 Å². The fourth-order valence-electron chi connectivity index (χ4n) is 2.38. The highest BCUT2D eigenvalue weighted by Gasteiger charge is 2.16. The number of thiophene rings is 1. The highest BCUT2D eigenvalue weighted by atomic mass is 32.1. The van der Waals surface area contributed by atoms with Crippen molar-refractivity contribution < 1.29 is 0 Å². The zero-order valence-electron chi connectivity index (χ0n) is 11.6. The zero-order valence-corrected chi connectivity index (χ0v) is 12.4. The molecule has 1 aliphatic rings. The highest BCUT2D eigenvalue weighted by molar-refractivity contribution is 7.10. The quantitative estimate of drug-likeness (QED) is 0.758. The third-order valence-corrected chi connectivity index (χ3v) is 4.47. The largest absolute Gasteiger partial charge is 0.315 e. The maximum absolute atomic E-state index is 3.54. The molecule has 1 N–H and O–H groups in total. The van der Waals surface area contributed by atoms with Gasteiger partial charge in [-0.15, -0.1) is 11.3 Å². The molecule has 0 saturated heterocycles. The minimum absolute atomic E-state index is 1.12. The SMILES string of the molecule is CN(C)CCCNCCN1CCc2sccc2C1. The first kappa shape index (κ1) is 14.0. The predicted octanol–water partition coefficient (Wildman–Crippen LogP) is 1.65. The van der Waals surface area contributed by atoms with E-state index in [0.29, 0.717) is 0 Å². The first-order valence-electron chi connectivity index (χ1n) is 6.89. The van der Waals surface area contributed by atoms with E-state index in [1.54, 1.807) is 10.4 Å². The maximum atomic E-state index is 3.54. The number of rotatable bonds is 7. The zero-order chi connectivity index (χ0) is 12.8. The minimum atomic E-state index is 1.12. The van der Waals surface area contributed by atoms with Crippen molar-refractivity contribution in [3.8, 4) is 0 Å². The Bertz CT molecular complexity index is 349. The summed E-state index contributed by atoms with van der Waals surface area (Å²) in [5.74, 6) is 0. The molecule has 18 heavy (non-hydrogen) atoms. The summed E-state index contributed by atoms with van der Waals surface area (Å²) in [5, 5.41) is 5.77. The lowest BCUT2D eigenvalue weighted by molar-refractivity contribution is 0.255.